The van der Waals surface area contributed by atoms with Crippen molar-refractivity contribution in [3.63, 3.8) is 0 Å². The molecular formula is C20H21N3O4S. The van der Waals surface area contributed by atoms with E-state index in [1.54, 1.807) is 35.6 Å². The molecule has 1 aliphatic carbocycles. The number of esters is 1. The van der Waals surface area contributed by atoms with E-state index in [0.717, 1.165) is 23.5 Å². The van der Waals surface area contributed by atoms with Gasteiger partial charge in [-0.1, -0.05) is 0 Å². The number of carbonyl (C=O) groups is 2. The van der Waals surface area contributed by atoms with Crippen LogP contribution in [0.4, 0.5) is 0 Å². The molecule has 0 saturated heterocycles. The zero-order valence-corrected chi connectivity index (χ0v) is 16.4. The Kier molecular flexibility index (Phi) is 6.26. The third kappa shape index (κ3) is 5.08. The Morgan fingerprint density at radius 3 is 2.61 bits per heavy atom. The molecule has 1 amide bonds. The maximum atomic E-state index is 12.1. The summed E-state index contributed by atoms with van der Waals surface area (Å²) < 4.78 is 10.7. The molecule has 0 atom stereocenters. The van der Waals surface area contributed by atoms with E-state index in [1.807, 2.05) is 12.3 Å². The van der Waals surface area contributed by atoms with Crippen LogP contribution < -0.4 is 10.1 Å². The number of thiazole rings is 1. The number of aromatic nitrogens is 1. The van der Waals surface area contributed by atoms with Crippen molar-refractivity contribution < 1.29 is 19.1 Å². The van der Waals surface area contributed by atoms with E-state index in [-0.39, 0.29) is 0 Å². The van der Waals surface area contributed by atoms with Crippen LogP contribution in [0.1, 0.15) is 46.7 Å². The van der Waals surface area contributed by atoms with Crippen molar-refractivity contribution in [2.45, 2.75) is 44.8 Å². The molecule has 0 radical (unpaired) electrons. The number of hydrogen-bond acceptors (Lipinski definition) is 7. The normalized spacial score (nSPS) is 14.9. The molecule has 0 unspecified atom stereocenters. The van der Waals surface area contributed by atoms with Gasteiger partial charge in [0.25, 0.3) is 5.91 Å². The first-order valence-electron chi connectivity index (χ1n) is 9.03. The molecule has 1 aromatic carbocycles. The lowest BCUT2D eigenvalue weighted by atomic mass is 10.00. The van der Waals surface area contributed by atoms with E-state index in [4.69, 9.17) is 9.47 Å². The summed E-state index contributed by atoms with van der Waals surface area (Å²) in [4.78, 5) is 28.4. The van der Waals surface area contributed by atoms with Gasteiger partial charge in [0.2, 0.25) is 0 Å². The highest BCUT2D eigenvalue weighted by Gasteiger charge is 2.35. The maximum Gasteiger partial charge on any atom is 0.338 e. The van der Waals surface area contributed by atoms with Crippen LogP contribution in [0.2, 0.25) is 0 Å². The first-order chi connectivity index (χ1) is 13.5. The number of benzene rings is 1. The largest absolute Gasteiger partial charge is 0.487 e. The SMILES string of the molecule is Cc1nc(COc2ccc(C(=O)OCC(=O)NC3(C#N)CCCC3)cc2)cs1. The molecule has 7 nitrogen and oxygen atoms in total. The quantitative estimate of drug-likeness (QED) is 0.718. The summed E-state index contributed by atoms with van der Waals surface area (Å²) in [5, 5.41) is 14.9. The summed E-state index contributed by atoms with van der Waals surface area (Å²) in [6, 6.07) is 8.66. The smallest absolute Gasteiger partial charge is 0.338 e. The number of carbonyl (C=O) groups excluding carboxylic acids is 2. The molecule has 1 fully saturated rings. The van der Waals surface area contributed by atoms with Gasteiger partial charge in [-0.25, -0.2) is 9.78 Å². The zero-order chi connectivity index (χ0) is 20.0. The lowest BCUT2D eigenvalue weighted by Gasteiger charge is -2.21. The van der Waals surface area contributed by atoms with Crippen molar-refractivity contribution in [1.29, 1.82) is 5.26 Å². The highest BCUT2D eigenvalue weighted by atomic mass is 32.1. The minimum atomic E-state index is -0.821. The Bertz CT molecular complexity index is 880. The number of nitrogens with one attached hydrogen (secondary N) is 1. The van der Waals surface area contributed by atoms with Gasteiger partial charge in [0.1, 0.15) is 17.9 Å². The van der Waals surface area contributed by atoms with Crippen LogP contribution in [0.15, 0.2) is 29.6 Å². The van der Waals surface area contributed by atoms with E-state index in [0.29, 0.717) is 30.8 Å². The van der Waals surface area contributed by atoms with E-state index in [1.165, 1.54) is 0 Å². The predicted molar refractivity (Wildman–Crippen MR) is 103 cm³/mol. The van der Waals surface area contributed by atoms with Gasteiger partial charge in [0.15, 0.2) is 6.61 Å². The van der Waals surface area contributed by atoms with Crippen LogP contribution >= 0.6 is 11.3 Å². The van der Waals surface area contributed by atoms with Crippen molar-refractivity contribution in [3.8, 4) is 11.8 Å². The van der Waals surface area contributed by atoms with Crippen LogP contribution in [0.3, 0.4) is 0 Å². The first kappa shape index (κ1) is 19.8. The number of ether oxygens (including phenoxy) is 2. The van der Waals surface area contributed by atoms with Crippen LogP contribution in [0, 0.1) is 18.3 Å². The number of amides is 1. The standard InChI is InChI=1S/C20H21N3O4S/c1-14-22-16(12-28-14)10-26-17-6-4-15(5-7-17)19(25)27-11-18(24)23-20(13-21)8-2-3-9-20/h4-7,12H,2-3,8-11H2,1H3,(H,23,24). The van der Waals surface area contributed by atoms with Gasteiger partial charge < -0.3 is 14.8 Å². The van der Waals surface area contributed by atoms with Gasteiger partial charge in [-0.2, -0.15) is 5.26 Å². The van der Waals surface area contributed by atoms with Crippen molar-refractivity contribution in [2.24, 2.45) is 0 Å². The third-order valence-electron chi connectivity index (χ3n) is 4.53. The summed E-state index contributed by atoms with van der Waals surface area (Å²) in [6.07, 6.45) is 3.07. The third-order valence-corrected chi connectivity index (χ3v) is 5.35. The molecule has 3 rings (SSSR count). The fourth-order valence-electron chi connectivity index (χ4n) is 3.08. The molecule has 1 N–H and O–H groups in total. The molecule has 1 aromatic heterocycles. The second-order valence-electron chi connectivity index (χ2n) is 6.70. The summed E-state index contributed by atoms with van der Waals surface area (Å²) in [5.74, 6) is -0.457. The first-order valence-corrected chi connectivity index (χ1v) is 9.91. The summed E-state index contributed by atoms with van der Waals surface area (Å²) in [7, 11) is 0. The Hall–Kier alpha value is -2.92. The lowest BCUT2D eigenvalue weighted by Crippen LogP contribution is -2.46. The van der Waals surface area contributed by atoms with Crippen LogP contribution in [0.5, 0.6) is 5.75 Å². The molecule has 8 heteroatoms. The van der Waals surface area contributed by atoms with E-state index in [2.05, 4.69) is 16.4 Å². The second kappa shape index (κ2) is 8.85. The summed E-state index contributed by atoms with van der Waals surface area (Å²) >= 11 is 1.56. The Labute approximate surface area is 167 Å². The number of aryl methyl sites for hydroxylation is 1. The monoisotopic (exact) mass is 399 g/mol. The molecule has 1 heterocycles. The van der Waals surface area contributed by atoms with Crippen LogP contribution in [-0.2, 0) is 16.1 Å². The molecule has 146 valence electrons. The lowest BCUT2D eigenvalue weighted by molar-refractivity contribution is -0.125. The molecule has 1 saturated carbocycles. The molecule has 0 bridgehead atoms. The van der Waals surface area contributed by atoms with Gasteiger partial charge in [0, 0.05) is 5.38 Å². The van der Waals surface area contributed by atoms with E-state index >= 15 is 0 Å². The molecule has 28 heavy (non-hydrogen) atoms. The fraction of sp³-hybridized carbons (Fsp3) is 0.400. The molecular weight excluding hydrogens is 378 g/mol. The van der Waals surface area contributed by atoms with Gasteiger partial charge in [-0.3, -0.25) is 4.79 Å². The highest BCUT2D eigenvalue weighted by molar-refractivity contribution is 7.09. The minimum Gasteiger partial charge on any atom is -0.487 e. The van der Waals surface area contributed by atoms with E-state index in [9.17, 15) is 14.9 Å². The summed E-state index contributed by atoms with van der Waals surface area (Å²) in [6.45, 7) is 1.88. The van der Waals surface area contributed by atoms with Crippen LogP contribution in [0.25, 0.3) is 0 Å². The van der Waals surface area contributed by atoms with Gasteiger partial charge in [0.05, 0.1) is 22.3 Å². The predicted octanol–water partition coefficient (Wildman–Crippen LogP) is 3.14. The Morgan fingerprint density at radius 2 is 2.00 bits per heavy atom. The number of nitriles is 1. The maximum absolute atomic E-state index is 12.1. The van der Waals surface area contributed by atoms with Crippen molar-refractivity contribution in [2.75, 3.05) is 6.61 Å². The Balaban J connectivity index is 1.46. The molecule has 0 aliphatic heterocycles. The Morgan fingerprint density at radius 1 is 1.29 bits per heavy atom. The average molecular weight is 399 g/mol. The van der Waals surface area contributed by atoms with Crippen LogP contribution in [-0.4, -0.2) is 29.0 Å². The van der Waals surface area contributed by atoms with Crippen molar-refractivity contribution in [3.05, 3.63) is 45.9 Å². The van der Waals surface area contributed by atoms with E-state index < -0.39 is 24.0 Å². The summed E-state index contributed by atoms with van der Waals surface area (Å²) in [5.41, 5.74) is 0.355. The second-order valence-corrected chi connectivity index (χ2v) is 7.76. The van der Waals surface area contributed by atoms with Crippen molar-refractivity contribution >= 4 is 23.2 Å². The molecule has 2 aromatic rings. The number of rotatable bonds is 7. The number of nitrogens with zero attached hydrogens (tertiary/aromatic N) is 2. The average Bonchev–Trinajstić information content (AvgIpc) is 3.34. The molecule has 1 aliphatic rings. The number of hydrogen-bond donors (Lipinski definition) is 1. The van der Waals surface area contributed by atoms with Crippen molar-refractivity contribution in [1.82, 2.24) is 10.3 Å². The van der Waals surface area contributed by atoms with Gasteiger partial charge >= 0.3 is 5.97 Å². The minimum absolute atomic E-state index is 0.320. The molecule has 0 spiro atoms. The highest BCUT2D eigenvalue weighted by Crippen LogP contribution is 2.28. The van der Waals surface area contributed by atoms with Gasteiger partial charge in [-0.15, -0.1) is 11.3 Å². The zero-order valence-electron chi connectivity index (χ0n) is 15.6. The fourth-order valence-corrected chi connectivity index (χ4v) is 3.68. The topological polar surface area (TPSA) is 101 Å². The van der Waals surface area contributed by atoms with Gasteiger partial charge in [-0.05, 0) is 56.9 Å².